The van der Waals surface area contributed by atoms with Crippen LogP contribution in [0.5, 0.6) is 0 Å². The summed E-state index contributed by atoms with van der Waals surface area (Å²) in [5, 5.41) is 19.1. The summed E-state index contributed by atoms with van der Waals surface area (Å²) < 4.78 is 67.8. The van der Waals surface area contributed by atoms with Gasteiger partial charge in [0, 0.05) is 19.2 Å². The number of imidazole rings is 1. The van der Waals surface area contributed by atoms with Crippen molar-refractivity contribution in [1.82, 2.24) is 4.57 Å². The fourth-order valence-corrected chi connectivity index (χ4v) is 7.18. The van der Waals surface area contributed by atoms with Crippen molar-refractivity contribution in [3.63, 3.8) is 0 Å². The third kappa shape index (κ3) is 8.21. The molecule has 3 aromatic rings. The molecule has 2 heterocycles. The van der Waals surface area contributed by atoms with Crippen LogP contribution in [0.4, 0.5) is 11.4 Å². The summed E-state index contributed by atoms with van der Waals surface area (Å²) in [5.41, 5.74) is 4.74. The zero-order chi connectivity index (χ0) is 32.8. The number of benzene rings is 2. The Bertz CT molecular complexity index is 1870. The molecule has 0 saturated carbocycles. The van der Waals surface area contributed by atoms with Gasteiger partial charge in [-0.1, -0.05) is 6.08 Å². The van der Waals surface area contributed by atoms with Crippen LogP contribution >= 0.6 is 0 Å². The van der Waals surface area contributed by atoms with Crippen molar-refractivity contribution in [3.8, 4) is 12.1 Å². The molecule has 1 aromatic heterocycles. The Morgan fingerprint density at radius 1 is 0.844 bits per heavy atom. The summed E-state index contributed by atoms with van der Waals surface area (Å²) in [5.74, 6) is 0.348. The van der Waals surface area contributed by atoms with Crippen molar-refractivity contribution < 1.29 is 30.5 Å². The number of nitriles is 2. The van der Waals surface area contributed by atoms with Gasteiger partial charge in [-0.2, -0.15) is 27.4 Å². The van der Waals surface area contributed by atoms with Gasteiger partial charge in [0.15, 0.2) is 11.0 Å². The molecule has 0 spiro atoms. The zero-order valence-corrected chi connectivity index (χ0v) is 27.1. The predicted molar refractivity (Wildman–Crippen MR) is 172 cm³/mol. The van der Waals surface area contributed by atoms with Crippen molar-refractivity contribution >= 4 is 42.6 Å². The van der Waals surface area contributed by atoms with Crippen molar-refractivity contribution in [2.45, 2.75) is 65.2 Å². The molecule has 0 amide bonds. The van der Waals surface area contributed by atoms with Gasteiger partial charge in [-0.15, -0.1) is 0 Å². The van der Waals surface area contributed by atoms with E-state index in [9.17, 15) is 36.5 Å². The van der Waals surface area contributed by atoms with Gasteiger partial charge in [0.2, 0.25) is 0 Å². The van der Waals surface area contributed by atoms with Gasteiger partial charge < -0.3 is 9.80 Å². The molecular weight excluding hydrogens is 617 g/mol. The molecule has 0 radical (unpaired) electrons. The summed E-state index contributed by atoms with van der Waals surface area (Å²) in [6.07, 6.45) is 6.14. The molecular formula is C31H39N6O6S2+. The third-order valence-corrected chi connectivity index (χ3v) is 9.63. The minimum Gasteiger partial charge on any atom is -0.346 e. The lowest BCUT2D eigenvalue weighted by Gasteiger charge is -2.30. The molecule has 12 nitrogen and oxygen atoms in total. The van der Waals surface area contributed by atoms with Crippen molar-refractivity contribution in [1.29, 1.82) is 10.5 Å². The van der Waals surface area contributed by atoms with E-state index in [0.29, 0.717) is 69.4 Å². The number of rotatable bonds is 15. The highest BCUT2D eigenvalue weighted by atomic mass is 32.2. The molecule has 1 unspecified atom stereocenters. The van der Waals surface area contributed by atoms with Gasteiger partial charge in [-0.05, 0) is 75.9 Å². The number of likely N-dealkylation sites (N-methyl/N-ethyl adjacent to an activating group) is 1. The molecule has 1 aliphatic rings. The first-order valence-corrected chi connectivity index (χ1v) is 18.2. The number of aromatic nitrogens is 2. The number of nitrogens with zero attached hydrogens (tertiary/aromatic N) is 6. The van der Waals surface area contributed by atoms with Crippen LogP contribution in [0.15, 0.2) is 48.6 Å². The summed E-state index contributed by atoms with van der Waals surface area (Å²) in [4.78, 5) is 4.37. The van der Waals surface area contributed by atoms with Crippen LogP contribution in [0.2, 0.25) is 0 Å². The van der Waals surface area contributed by atoms with Crippen LogP contribution in [0.3, 0.4) is 0 Å². The first-order valence-electron chi connectivity index (χ1n) is 15.0. The van der Waals surface area contributed by atoms with Crippen LogP contribution in [-0.2, 0) is 39.7 Å². The van der Waals surface area contributed by atoms with E-state index < -0.39 is 20.2 Å². The number of hydrogen-bond donors (Lipinski definition) is 2. The van der Waals surface area contributed by atoms with Crippen LogP contribution in [0, 0.1) is 22.7 Å². The third-order valence-electron chi connectivity index (χ3n) is 8.02. The topological polar surface area (TPSA) is 172 Å². The Labute approximate surface area is 264 Å². The second-order valence-electron chi connectivity index (χ2n) is 11.0. The lowest BCUT2D eigenvalue weighted by atomic mass is 10.1. The average molecular weight is 656 g/mol. The lowest BCUT2D eigenvalue weighted by molar-refractivity contribution is -0.676. The van der Waals surface area contributed by atoms with E-state index in [2.05, 4.69) is 43.2 Å². The largest absolute Gasteiger partial charge is 0.346 e. The molecule has 0 fully saturated rings. The number of fused-ring (bicyclic) bond motifs is 2. The monoisotopic (exact) mass is 655 g/mol. The number of hydrogen-bond acceptors (Lipinski definition) is 8. The molecule has 0 bridgehead atoms. The van der Waals surface area contributed by atoms with Gasteiger partial charge in [-0.25, -0.2) is 9.13 Å². The normalized spacial score (nSPS) is 15.1. The number of allylic oxidation sites excluding steroid dienone is 1. The van der Waals surface area contributed by atoms with E-state index in [1.54, 1.807) is 12.1 Å². The molecule has 45 heavy (non-hydrogen) atoms. The minimum atomic E-state index is -4.06. The summed E-state index contributed by atoms with van der Waals surface area (Å²) >= 11 is 0. The standard InChI is InChI=1S/C31H38N6O6S2/c1-3-34-26-14-12-24(22-32)20-28(26)36(16-5-7-18-44(38,39)40)30(34)10-9-11-31-35(4-2)27-15-13-25(23-33)21-29(27)37(31)17-6-8-19-45(41,42)43/h9-10,12-15,20-21,30H,3-8,11,16-19H2,1-2H3,(H-,38,39,40,41,42,43)/p+1/b10-9+. The molecule has 4 rings (SSSR count). The fraction of sp³-hybridized carbons (Fsp3) is 0.452. The van der Waals surface area contributed by atoms with Gasteiger partial charge in [0.1, 0.15) is 6.17 Å². The molecule has 1 aliphatic heterocycles. The summed E-state index contributed by atoms with van der Waals surface area (Å²) in [7, 11) is -8.12. The second kappa shape index (κ2) is 14.4. The Balaban J connectivity index is 1.67. The predicted octanol–water partition coefficient (Wildman–Crippen LogP) is 3.80. The van der Waals surface area contributed by atoms with Crippen molar-refractivity contribution in [2.75, 3.05) is 34.4 Å². The van der Waals surface area contributed by atoms with E-state index in [4.69, 9.17) is 0 Å². The molecule has 2 aromatic carbocycles. The first-order chi connectivity index (χ1) is 21.4. The highest BCUT2D eigenvalue weighted by Gasteiger charge is 2.33. The summed E-state index contributed by atoms with van der Waals surface area (Å²) in [6, 6.07) is 15.5. The smallest absolute Gasteiger partial charge is 0.264 e. The maximum Gasteiger partial charge on any atom is 0.264 e. The quantitative estimate of drug-likeness (QED) is 0.106. The van der Waals surface area contributed by atoms with Crippen LogP contribution in [-0.4, -0.2) is 61.3 Å². The van der Waals surface area contributed by atoms with E-state index >= 15 is 0 Å². The van der Waals surface area contributed by atoms with E-state index in [1.165, 1.54) is 0 Å². The Hall–Kier alpha value is -3.95. The number of aryl methyl sites for hydroxylation is 2. The van der Waals surface area contributed by atoms with Crippen LogP contribution in [0.25, 0.3) is 11.0 Å². The molecule has 240 valence electrons. The Morgan fingerprint density at radius 3 is 2.07 bits per heavy atom. The maximum absolute atomic E-state index is 11.3. The van der Waals surface area contributed by atoms with E-state index in [1.807, 2.05) is 38.1 Å². The molecule has 0 saturated heterocycles. The van der Waals surface area contributed by atoms with Gasteiger partial charge in [0.05, 0.1) is 65.7 Å². The van der Waals surface area contributed by atoms with E-state index in [-0.39, 0.29) is 17.7 Å². The first kappa shape index (κ1) is 33.9. The number of unbranched alkanes of at least 4 members (excludes halogenated alkanes) is 2. The van der Waals surface area contributed by atoms with E-state index in [0.717, 1.165) is 28.2 Å². The number of anilines is 2. The zero-order valence-electron chi connectivity index (χ0n) is 25.5. The summed E-state index contributed by atoms with van der Waals surface area (Å²) in [6.45, 7) is 6.48. The molecule has 0 aliphatic carbocycles. The van der Waals surface area contributed by atoms with Gasteiger partial charge >= 0.3 is 0 Å². The lowest BCUT2D eigenvalue weighted by Crippen LogP contribution is -2.42. The van der Waals surface area contributed by atoms with Crippen molar-refractivity contribution in [3.05, 3.63) is 65.5 Å². The Kier molecular flexibility index (Phi) is 10.9. The fourth-order valence-electron chi connectivity index (χ4n) is 6.04. The molecule has 1 atom stereocenters. The van der Waals surface area contributed by atoms with Gasteiger partial charge in [0.25, 0.3) is 26.1 Å². The molecule has 14 heteroatoms. The highest BCUT2D eigenvalue weighted by Crippen LogP contribution is 2.40. The maximum atomic E-state index is 11.3. The van der Waals surface area contributed by atoms with Crippen LogP contribution in [0.1, 0.15) is 56.5 Å². The average Bonchev–Trinajstić information content (AvgIpc) is 3.46. The minimum absolute atomic E-state index is 0.197. The molecule has 2 N–H and O–H groups in total. The van der Waals surface area contributed by atoms with Crippen molar-refractivity contribution in [2.24, 2.45) is 0 Å². The Morgan fingerprint density at radius 2 is 1.47 bits per heavy atom. The SMILES string of the molecule is CCN1c2ccc(C#N)cc2N(CCCCS(=O)(=O)O)C1/C=C/Cc1n(CCCCS(=O)(=O)O)c2cc(C#N)ccc2[n+]1CC. The second-order valence-corrected chi connectivity index (χ2v) is 14.1. The highest BCUT2D eigenvalue weighted by molar-refractivity contribution is 7.86. The van der Waals surface area contributed by atoms with Crippen LogP contribution < -0.4 is 14.4 Å². The van der Waals surface area contributed by atoms with Gasteiger partial charge in [-0.3, -0.25) is 9.11 Å².